The van der Waals surface area contributed by atoms with Crippen molar-refractivity contribution in [2.24, 2.45) is 0 Å². The third-order valence-electron chi connectivity index (χ3n) is 16.3. The predicted octanol–water partition coefficient (Wildman–Crippen LogP) is 7.42. The van der Waals surface area contributed by atoms with Crippen molar-refractivity contribution in [1.82, 2.24) is 40.9 Å². The molecule has 4 aromatic rings. The fraction of sp³-hybridized carbons (Fsp3) is 0.533. The second kappa shape index (κ2) is 32.2. The van der Waals surface area contributed by atoms with Crippen LogP contribution in [0.4, 0.5) is 21.0 Å². The van der Waals surface area contributed by atoms with Crippen LogP contribution in [0.25, 0.3) is 0 Å². The standard InChI is InChI=1S/C60H80Cl4N10O12S2/c1-37-29-41(11-13-53(37)85-55-45-31-39(61)33-47(63)43(45)35-51(55)69(3)4)73(87(79)80)49-15-21-71(57(49)75)23-27-83-25-10-9-19-67-59(77)65-17-7-8-18-66-60(78)68-20-26-84-28-24-72-22-16-50(58(72)76)74(88(81)82)42-12-14-54(38(2)30-42)86-56-46-32-40(62)34-48(64)44(46)36-52(56)70(5)6/h11-14,29-34,49-52,55-56H,7-10,15-28,35-36H2,1-6H3,(H,79,80)(H,81,82)(H2,65,67,77)(H2,66,68,78)/p-2/t49-,50-,51-,52-,55-,56-/m0/s1. The molecule has 28 heteroatoms. The van der Waals surface area contributed by atoms with Crippen molar-refractivity contribution in [2.75, 3.05) is 116 Å². The molecule has 2 saturated heterocycles. The number of aryl methyl sites for hydroxylation is 2. The summed E-state index contributed by atoms with van der Waals surface area (Å²) in [4.78, 5) is 59.0. The molecular weight excluding hydrogens is 1260 g/mol. The topological polar surface area (TPSA) is 253 Å². The number of amides is 6. The fourth-order valence-electron chi connectivity index (χ4n) is 11.7. The molecule has 4 aromatic carbocycles. The van der Waals surface area contributed by atoms with Crippen molar-refractivity contribution in [3.8, 4) is 11.5 Å². The Balaban J connectivity index is 0.630. The van der Waals surface area contributed by atoms with Gasteiger partial charge in [0.25, 0.3) is 0 Å². The first-order valence-electron chi connectivity index (χ1n) is 29.5. The Morgan fingerprint density at radius 3 is 1.36 bits per heavy atom. The number of fused-ring (bicyclic) bond motifs is 2. The molecule has 2 heterocycles. The third-order valence-corrected chi connectivity index (χ3v) is 19.0. The van der Waals surface area contributed by atoms with Gasteiger partial charge >= 0.3 is 12.1 Å². The smallest absolute Gasteiger partial charge is 0.314 e. The Bertz CT molecular complexity index is 3170. The third kappa shape index (κ3) is 17.4. The monoisotopic (exact) mass is 1330 g/mol. The van der Waals surface area contributed by atoms with Crippen LogP contribution in [0.5, 0.6) is 11.5 Å². The van der Waals surface area contributed by atoms with E-state index in [0.29, 0.717) is 151 Å². The van der Waals surface area contributed by atoms with Crippen LogP contribution in [0.2, 0.25) is 20.1 Å². The molecule has 0 bridgehead atoms. The van der Waals surface area contributed by atoms with E-state index in [1.807, 2.05) is 54.2 Å². The van der Waals surface area contributed by atoms with Crippen LogP contribution in [-0.4, -0.2) is 192 Å². The van der Waals surface area contributed by atoms with E-state index in [4.69, 9.17) is 65.4 Å². The number of carbonyl (C=O) groups excluding carboxylic acids is 4. The zero-order chi connectivity index (χ0) is 63.3. The highest BCUT2D eigenvalue weighted by Gasteiger charge is 2.42. The lowest BCUT2D eigenvalue weighted by molar-refractivity contribution is -0.130. The van der Waals surface area contributed by atoms with Gasteiger partial charge in [0, 0.05) is 124 Å². The molecule has 88 heavy (non-hydrogen) atoms. The van der Waals surface area contributed by atoms with Gasteiger partial charge in [-0.1, -0.05) is 46.4 Å². The van der Waals surface area contributed by atoms with Gasteiger partial charge in [-0.25, -0.2) is 9.59 Å². The molecule has 0 radical (unpaired) electrons. The molecule has 0 aromatic heterocycles. The van der Waals surface area contributed by atoms with E-state index in [0.717, 1.165) is 30.9 Å². The lowest BCUT2D eigenvalue weighted by Crippen LogP contribution is -2.43. The van der Waals surface area contributed by atoms with Crippen molar-refractivity contribution < 1.29 is 55.6 Å². The molecule has 4 aliphatic rings. The second-order valence-corrected chi connectivity index (χ2v) is 26.0. The minimum Gasteiger partial charge on any atom is -0.755 e. The van der Waals surface area contributed by atoms with Gasteiger partial charge in [0.2, 0.25) is 11.8 Å². The Labute approximate surface area is 540 Å². The Kier molecular flexibility index (Phi) is 25.1. The molecule has 0 saturated carbocycles. The zero-order valence-electron chi connectivity index (χ0n) is 50.3. The quantitative estimate of drug-likeness (QED) is 0.0283. The molecular formula is C60H78Cl4N10O12S2-2. The molecule has 22 nitrogen and oxygen atoms in total. The number of ether oxygens (including phenoxy) is 4. The van der Waals surface area contributed by atoms with E-state index in [1.54, 1.807) is 58.3 Å². The number of likely N-dealkylation sites (tertiary alicyclic amines) is 2. The van der Waals surface area contributed by atoms with Crippen LogP contribution in [0.1, 0.15) is 84.1 Å². The number of likely N-dealkylation sites (N-methyl/N-ethyl adjacent to an activating group) is 2. The number of halogens is 4. The number of nitrogens with one attached hydrogen (secondary N) is 4. The van der Waals surface area contributed by atoms with Crippen molar-refractivity contribution in [3.63, 3.8) is 0 Å². The van der Waals surface area contributed by atoms with Gasteiger partial charge in [-0.3, -0.25) is 26.6 Å². The maximum atomic E-state index is 13.5. The second-order valence-electron chi connectivity index (χ2n) is 22.7. The SMILES string of the molecule is Cc1cc(N([C@H]2CCN(CCOCCCCNC(=O)NCCCCNC(=O)NCCOCCN3CC[C@H](N(c4ccc(O[C@H]5c6cc(Cl)cc(Cl)c6C[C@@H]5N(C)C)c(C)c4)S(=O)[O-])C3=O)C2=O)S(=O)[O-])ccc1O[C@H]1c2cc(Cl)cc(Cl)c2C[C@@H]1N(C)C. The molecule has 0 spiro atoms. The van der Waals surface area contributed by atoms with E-state index < -0.39 is 34.6 Å². The number of rotatable bonds is 31. The minimum absolute atomic E-state index is 0.00508. The summed E-state index contributed by atoms with van der Waals surface area (Å²) in [5.41, 5.74) is 5.89. The number of hydrogen-bond acceptors (Lipinski definition) is 14. The first-order chi connectivity index (χ1) is 42.1. The molecule has 2 aliphatic carbocycles. The number of anilines is 2. The summed E-state index contributed by atoms with van der Waals surface area (Å²) in [5.74, 6) is 0.517. The summed E-state index contributed by atoms with van der Waals surface area (Å²) in [6, 6.07) is 14.9. The van der Waals surface area contributed by atoms with Crippen LogP contribution in [-0.2, 0) is 54.4 Å². The van der Waals surface area contributed by atoms with Crippen LogP contribution >= 0.6 is 46.4 Å². The summed E-state index contributed by atoms with van der Waals surface area (Å²) in [5, 5.41) is 13.3. The van der Waals surface area contributed by atoms with Crippen LogP contribution in [0, 0.1) is 13.8 Å². The molecule has 8 rings (SSSR count). The minimum atomic E-state index is -2.74. The summed E-state index contributed by atoms with van der Waals surface area (Å²) < 4.78 is 77.5. The van der Waals surface area contributed by atoms with Crippen LogP contribution in [0.3, 0.4) is 0 Å². The molecule has 2 aliphatic heterocycles. The Hall–Kier alpha value is -5.22. The average Bonchev–Trinajstić information content (AvgIpc) is 1.84. The van der Waals surface area contributed by atoms with Gasteiger partial charge in [0.05, 0.1) is 31.9 Å². The fourth-order valence-corrected chi connectivity index (χ4v) is 14.2. The van der Waals surface area contributed by atoms with Gasteiger partial charge in [-0.05, 0) is 176 Å². The summed E-state index contributed by atoms with van der Waals surface area (Å²) in [7, 11) is 7.91. The largest absolute Gasteiger partial charge is 0.755 e. The molecule has 2 unspecified atom stereocenters. The molecule has 2 fully saturated rings. The average molecular weight is 1340 g/mol. The van der Waals surface area contributed by atoms with Gasteiger partial charge in [-0.2, -0.15) is 0 Å². The van der Waals surface area contributed by atoms with Gasteiger partial charge in [-0.15, -0.1) is 0 Å². The molecule has 482 valence electrons. The van der Waals surface area contributed by atoms with Crippen LogP contribution in [0.15, 0.2) is 60.7 Å². The molecule has 6 amide bonds. The number of urea groups is 2. The van der Waals surface area contributed by atoms with E-state index >= 15 is 0 Å². The molecule has 4 N–H and O–H groups in total. The maximum absolute atomic E-state index is 13.5. The highest BCUT2D eigenvalue weighted by Crippen LogP contribution is 2.45. The summed E-state index contributed by atoms with van der Waals surface area (Å²) >= 11 is 20.4. The normalized spacial score (nSPS) is 20.3. The lowest BCUT2D eigenvalue weighted by Gasteiger charge is -2.32. The zero-order valence-corrected chi connectivity index (χ0v) is 54.9. The number of benzene rings is 4. The summed E-state index contributed by atoms with van der Waals surface area (Å²) in [6.45, 7) is 7.56. The number of nitrogens with zero attached hydrogens (tertiary/aromatic N) is 6. The Morgan fingerprint density at radius 2 is 0.966 bits per heavy atom. The first kappa shape index (κ1) is 68.7. The maximum Gasteiger partial charge on any atom is 0.314 e. The van der Waals surface area contributed by atoms with E-state index in [9.17, 15) is 36.7 Å². The lowest BCUT2D eigenvalue weighted by atomic mass is 10.1. The van der Waals surface area contributed by atoms with E-state index in [-0.39, 0.29) is 81.1 Å². The van der Waals surface area contributed by atoms with Gasteiger partial charge < -0.3 is 68.9 Å². The number of carbonyl (C=O) groups is 4. The van der Waals surface area contributed by atoms with E-state index in [2.05, 4.69) is 31.1 Å². The van der Waals surface area contributed by atoms with Crippen molar-refractivity contribution >= 4 is 104 Å². The van der Waals surface area contributed by atoms with Crippen molar-refractivity contribution in [1.29, 1.82) is 0 Å². The van der Waals surface area contributed by atoms with Crippen molar-refractivity contribution in [3.05, 3.63) is 114 Å². The number of unbranched alkanes of at least 4 members (excludes halogenated alkanes) is 2. The highest BCUT2D eigenvalue weighted by atomic mass is 35.5. The predicted molar refractivity (Wildman–Crippen MR) is 340 cm³/mol. The van der Waals surface area contributed by atoms with Gasteiger partial charge in [0.1, 0.15) is 35.8 Å². The first-order valence-corrected chi connectivity index (χ1v) is 33.1. The van der Waals surface area contributed by atoms with Crippen LogP contribution < -0.4 is 39.4 Å². The summed E-state index contributed by atoms with van der Waals surface area (Å²) in [6.07, 6.45) is 3.89. The van der Waals surface area contributed by atoms with Crippen molar-refractivity contribution in [2.45, 2.75) is 102 Å². The van der Waals surface area contributed by atoms with Gasteiger partial charge in [0.15, 0.2) is 0 Å². The molecule has 8 atom stereocenters. The number of hydrogen-bond donors (Lipinski definition) is 4. The Morgan fingerprint density at radius 1 is 0.568 bits per heavy atom. The van der Waals surface area contributed by atoms with E-state index in [1.165, 1.54) is 0 Å². The highest BCUT2D eigenvalue weighted by molar-refractivity contribution is 7.81.